The smallest absolute Gasteiger partial charge is 0.345 e. The molecule has 126 valence electrons. The Bertz CT molecular complexity index is 649. The molecule has 1 saturated carbocycles. The van der Waals surface area contributed by atoms with Gasteiger partial charge < -0.3 is 15.6 Å². The number of anilines is 1. The number of carbonyl (C=O) groups excluding carboxylic acids is 2. The van der Waals surface area contributed by atoms with Gasteiger partial charge in [0.15, 0.2) is 0 Å². The number of nitrogens with one attached hydrogen (secondary N) is 3. The molecule has 3 N–H and O–H groups in total. The molecule has 0 bridgehead atoms. The lowest BCUT2D eigenvalue weighted by Gasteiger charge is -2.22. The molecule has 1 heterocycles. The van der Waals surface area contributed by atoms with Crippen molar-refractivity contribution in [1.29, 1.82) is 0 Å². The van der Waals surface area contributed by atoms with Gasteiger partial charge in [-0.1, -0.05) is 19.3 Å². The first kappa shape index (κ1) is 17.0. The molecule has 0 unspecified atom stereocenters. The van der Waals surface area contributed by atoms with Crippen LogP contribution in [0.25, 0.3) is 0 Å². The summed E-state index contributed by atoms with van der Waals surface area (Å²) < 4.78 is 37.8. The summed E-state index contributed by atoms with van der Waals surface area (Å²) in [6, 6.07) is 0.367. The van der Waals surface area contributed by atoms with Crippen LogP contribution in [-0.4, -0.2) is 22.8 Å². The molecule has 0 aromatic carbocycles. The minimum Gasteiger partial charge on any atom is -0.345 e. The molecule has 1 aromatic heterocycles. The van der Waals surface area contributed by atoms with E-state index in [4.69, 9.17) is 0 Å². The fourth-order valence-corrected chi connectivity index (χ4v) is 2.42. The molecule has 2 rings (SSSR count). The summed E-state index contributed by atoms with van der Waals surface area (Å²) in [6.07, 6.45) is 0.290. The monoisotopic (exact) mass is 331 g/mol. The van der Waals surface area contributed by atoms with Crippen molar-refractivity contribution in [2.24, 2.45) is 0 Å². The van der Waals surface area contributed by atoms with E-state index in [1.165, 1.54) is 0 Å². The highest BCUT2D eigenvalue weighted by molar-refractivity contribution is 6.39. The molecule has 2 amide bonds. The minimum absolute atomic E-state index is 0.123. The summed E-state index contributed by atoms with van der Waals surface area (Å²) in [7, 11) is 0. The van der Waals surface area contributed by atoms with Gasteiger partial charge in [-0.05, 0) is 18.9 Å². The number of hydrogen-bond donors (Lipinski definition) is 3. The number of carbonyl (C=O) groups is 2. The second kappa shape index (κ2) is 6.84. The van der Waals surface area contributed by atoms with Gasteiger partial charge in [0.25, 0.3) is 5.56 Å². The maximum atomic E-state index is 12.6. The number of amides is 2. The van der Waals surface area contributed by atoms with Gasteiger partial charge in [-0.15, -0.1) is 0 Å². The van der Waals surface area contributed by atoms with Crippen LogP contribution >= 0.6 is 0 Å². The number of halogens is 3. The summed E-state index contributed by atoms with van der Waals surface area (Å²) in [5.41, 5.74) is -2.67. The summed E-state index contributed by atoms with van der Waals surface area (Å²) in [5.74, 6) is -2.13. The number of pyridine rings is 1. The second-order valence-corrected chi connectivity index (χ2v) is 5.39. The van der Waals surface area contributed by atoms with Crippen molar-refractivity contribution in [1.82, 2.24) is 10.3 Å². The van der Waals surface area contributed by atoms with Crippen LogP contribution in [0.5, 0.6) is 0 Å². The Labute approximate surface area is 129 Å². The van der Waals surface area contributed by atoms with E-state index in [1.54, 1.807) is 0 Å². The first-order chi connectivity index (χ1) is 10.8. The summed E-state index contributed by atoms with van der Waals surface area (Å²) in [5, 5.41) is 4.44. The van der Waals surface area contributed by atoms with Crippen molar-refractivity contribution in [3.8, 4) is 0 Å². The Morgan fingerprint density at radius 1 is 1.13 bits per heavy atom. The standard InChI is InChI=1S/C14H16F3N3O3/c15-14(16,17)8-6-10(11(21)18-7-8)20-13(23)12(22)19-9-4-2-1-3-5-9/h6-7,9H,1-5H2,(H,18,21)(H,19,22)(H,20,23). The average Bonchev–Trinajstić information content (AvgIpc) is 2.49. The number of hydrogen-bond acceptors (Lipinski definition) is 3. The van der Waals surface area contributed by atoms with E-state index in [1.807, 2.05) is 10.3 Å². The third-order valence-electron chi connectivity index (χ3n) is 3.63. The van der Waals surface area contributed by atoms with Gasteiger partial charge >= 0.3 is 18.0 Å². The second-order valence-electron chi connectivity index (χ2n) is 5.39. The van der Waals surface area contributed by atoms with Crippen molar-refractivity contribution in [2.45, 2.75) is 44.3 Å². The Hall–Kier alpha value is -2.32. The maximum Gasteiger partial charge on any atom is 0.417 e. The van der Waals surface area contributed by atoms with Gasteiger partial charge in [0, 0.05) is 12.2 Å². The molecule has 0 spiro atoms. The van der Waals surface area contributed by atoms with Crippen LogP contribution in [0.1, 0.15) is 37.7 Å². The fraction of sp³-hybridized carbons (Fsp3) is 0.500. The molecule has 0 aliphatic heterocycles. The van der Waals surface area contributed by atoms with Crippen LogP contribution in [0, 0.1) is 0 Å². The molecule has 6 nitrogen and oxygen atoms in total. The van der Waals surface area contributed by atoms with Crippen LogP contribution in [0.15, 0.2) is 17.1 Å². The topological polar surface area (TPSA) is 91.1 Å². The fourth-order valence-electron chi connectivity index (χ4n) is 2.42. The summed E-state index contributed by atoms with van der Waals surface area (Å²) in [6.45, 7) is 0. The Morgan fingerprint density at radius 2 is 1.78 bits per heavy atom. The zero-order valence-electron chi connectivity index (χ0n) is 12.1. The lowest BCUT2D eigenvalue weighted by atomic mass is 9.95. The van der Waals surface area contributed by atoms with Gasteiger partial charge in [0.2, 0.25) is 0 Å². The highest BCUT2D eigenvalue weighted by Gasteiger charge is 2.32. The van der Waals surface area contributed by atoms with Crippen LogP contribution in [0.2, 0.25) is 0 Å². The molecule has 0 atom stereocenters. The number of rotatable bonds is 2. The van der Waals surface area contributed by atoms with E-state index in [9.17, 15) is 27.6 Å². The zero-order valence-corrected chi connectivity index (χ0v) is 12.1. The molecular formula is C14H16F3N3O3. The third kappa shape index (κ3) is 4.57. The Morgan fingerprint density at radius 3 is 2.39 bits per heavy atom. The highest BCUT2D eigenvalue weighted by Crippen LogP contribution is 2.29. The highest BCUT2D eigenvalue weighted by atomic mass is 19.4. The van der Waals surface area contributed by atoms with Gasteiger partial charge in [-0.25, -0.2) is 0 Å². The predicted molar refractivity (Wildman–Crippen MR) is 75.7 cm³/mol. The minimum atomic E-state index is -4.67. The maximum absolute atomic E-state index is 12.6. The lowest BCUT2D eigenvalue weighted by Crippen LogP contribution is -2.43. The van der Waals surface area contributed by atoms with Crippen LogP contribution in [0.4, 0.5) is 18.9 Å². The predicted octanol–water partition coefficient (Wildman–Crippen LogP) is 1.78. The first-order valence-corrected chi connectivity index (χ1v) is 7.19. The van der Waals surface area contributed by atoms with E-state index < -0.39 is 34.8 Å². The van der Waals surface area contributed by atoms with Crippen molar-refractivity contribution >= 4 is 17.5 Å². The number of alkyl halides is 3. The number of aromatic amines is 1. The number of aromatic nitrogens is 1. The quantitative estimate of drug-likeness (QED) is 0.722. The largest absolute Gasteiger partial charge is 0.417 e. The molecule has 9 heteroatoms. The number of H-pyrrole nitrogens is 1. The molecule has 1 aliphatic rings. The normalized spacial score (nSPS) is 16.0. The molecule has 23 heavy (non-hydrogen) atoms. The van der Waals surface area contributed by atoms with Crippen molar-refractivity contribution < 1.29 is 22.8 Å². The van der Waals surface area contributed by atoms with Crippen LogP contribution in [0.3, 0.4) is 0 Å². The Balaban J connectivity index is 2.04. The van der Waals surface area contributed by atoms with E-state index in [0.29, 0.717) is 12.3 Å². The summed E-state index contributed by atoms with van der Waals surface area (Å²) >= 11 is 0. The van der Waals surface area contributed by atoms with Crippen LogP contribution in [-0.2, 0) is 15.8 Å². The first-order valence-electron chi connectivity index (χ1n) is 7.19. The van der Waals surface area contributed by atoms with Gasteiger partial charge in [0.05, 0.1) is 5.56 Å². The van der Waals surface area contributed by atoms with Crippen molar-refractivity contribution in [3.05, 3.63) is 28.2 Å². The van der Waals surface area contributed by atoms with Crippen LogP contribution < -0.4 is 16.2 Å². The third-order valence-corrected chi connectivity index (χ3v) is 3.63. The molecule has 0 radical (unpaired) electrons. The van der Waals surface area contributed by atoms with Gasteiger partial charge in [0.1, 0.15) is 5.69 Å². The van der Waals surface area contributed by atoms with E-state index in [0.717, 1.165) is 32.1 Å². The molecular weight excluding hydrogens is 315 g/mol. The Kier molecular flexibility index (Phi) is 5.07. The molecule has 1 fully saturated rings. The van der Waals surface area contributed by atoms with E-state index >= 15 is 0 Å². The van der Waals surface area contributed by atoms with E-state index in [-0.39, 0.29) is 6.04 Å². The molecule has 0 saturated heterocycles. The van der Waals surface area contributed by atoms with Crippen molar-refractivity contribution in [2.75, 3.05) is 5.32 Å². The zero-order chi connectivity index (χ0) is 17.0. The summed E-state index contributed by atoms with van der Waals surface area (Å²) in [4.78, 5) is 36.8. The van der Waals surface area contributed by atoms with Gasteiger partial charge in [-0.3, -0.25) is 14.4 Å². The lowest BCUT2D eigenvalue weighted by molar-refractivity contribution is -0.137. The molecule has 1 aliphatic carbocycles. The van der Waals surface area contributed by atoms with Crippen molar-refractivity contribution in [3.63, 3.8) is 0 Å². The average molecular weight is 331 g/mol. The molecule has 1 aromatic rings. The van der Waals surface area contributed by atoms with E-state index in [2.05, 4.69) is 5.32 Å². The SMILES string of the molecule is O=C(Nc1cc(C(F)(F)F)c[nH]c1=O)C(=O)NC1CCCCC1. The van der Waals surface area contributed by atoms with Gasteiger partial charge in [-0.2, -0.15) is 13.2 Å².